The van der Waals surface area contributed by atoms with Crippen LogP contribution in [-0.4, -0.2) is 76.4 Å². The predicted molar refractivity (Wildman–Crippen MR) is 183 cm³/mol. The largest absolute Gasteiger partial charge is 0.391 e. The monoisotopic (exact) mass is 663 g/mol. The van der Waals surface area contributed by atoms with E-state index in [0.717, 1.165) is 22.0 Å². The Kier molecular flexibility index (Phi) is 15.1. The molecule has 0 aliphatic carbocycles. The number of para-hydroxylation sites is 1. The minimum atomic E-state index is -1.02. The number of aromatic amines is 1. The lowest BCUT2D eigenvalue weighted by molar-refractivity contribution is -0.130. The predicted octanol–water partition coefficient (Wildman–Crippen LogP) is 1.08. The maximum absolute atomic E-state index is 13.9. The summed E-state index contributed by atoms with van der Waals surface area (Å²) in [5.41, 5.74) is 13.6. The zero-order valence-corrected chi connectivity index (χ0v) is 27.7. The molecule has 1 unspecified atom stereocenters. The third-order valence-corrected chi connectivity index (χ3v) is 8.05. The quantitative estimate of drug-likeness (QED) is 0.0821. The van der Waals surface area contributed by atoms with Gasteiger partial charge in [0.1, 0.15) is 6.04 Å². The van der Waals surface area contributed by atoms with Crippen LogP contribution in [0, 0.1) is 0 Å². The van der Waals surface area contributed by atoms with Crippen LogP contribution in [0.1, 0.15) is 63.5 Å². The summed E-state index contributed by atoms with van der Waals surface area (Å²) in [4.78, 5) is 67.1. The summed E-state index contributed by atoms with van der Waals surface area (Å²) < 4.78 is 0. The van der Waals surface area contributed by atoms with Crippen molar-refractivity contribution in [2.75, 3.05) is 6.54 Å². The van der Waals surface area contributed by atoms with Crippen molar-refractivity contribution in [2.24, 2.45) is 11.5 Å². The zero-order valence-electron chi connectivity index (χ0n) is 27.7. The number of primary amides is 1. The maximum Gasteiger partial charge on any atom is 0.243 e. The third kappa shape index (κ3) is 12.8. The van der Waals surface area contributed by atoms with Gasteiger partial charge in [0.2, 0.25) is 29.5 Å². The number of aromatic nitrogens is 1. The molecular weight excluding hydrogens is 614 g/mol. The Morgan fingerprint density at radius 2 is 1.48 bits per heavy atom. The van der Waals surface area contributed by atoms with E-state index in [-0.39, 0.29) is 31.6 Å². The van der Waals surface area contributed by atoms with E-state index in [9.17, 15) is 29.1 Å². The zero-order chi connectivity index (χ0) is 35.1. The molecule has 13 nitrogen and oxygen atoms in total. The number of benzene rings is 2. The van der Waals surface area contributed by atoms with E-state index in [4.69, 9.17) is 11.5 Å². The Bertz CT molecular complexity index is 1510. The van der Waals surface area contributed by atoms with Crippen LogP contribution in [-0.2, 0) is 36.8 Å². The van der Waals surface area contributed by atoms with Gasteiger partial charge in [0.05, 0.1) is 12.1 Å². The average molecular weight is 664 g/mol. The first kappa shape index (κ1) is 37.7. The molecule has 48 heavy (non-hydrogen) atoms. The van der Waals surface area contributed by atoms with Crippen LogP contribution in [0.2, 0.25) is 0 Å². The first-order valence-electron chi connectivity index (χ1n) is 16.4. The lowest BCUT2D eigenvalue weighted by atomic mass is 10.00. The summed E-state index contributed by atoms with van der Waals surface area (Å²) in [6, 6.07) is 14.1. The first-order valence-corrected chi connectivity index (χ1v) is 16.4. The number of amides is 5. The van der Waals surface area contributed by atoms with Crippen molar-refractivity contribution in [3.05, 3.63) is 71.9 Å². The normalized spacial score (nSPS) is 14.2. The number of fused-ring (bicyclic) bond motifs is 1. The summed E-state index contributed by atoms with van der Waals surface area (Å²) in [7, 11) is 0. The summed E-state index contributed by atoms with van der Waals surface area (Å²) in [6.07, 6.45) is 2.67. The van der Waals surface area contributed by atoms with Crippen molar-refractivity contribution in [3.63, 3.8) is 0 Å². The van der Waals surface area contributed by atoms with Gasteiger partial charge in [-0.05, 0) is 49.9 Å². The van der Waals surface area contributed by atoms with Crippen molar-refractivity contribution in [3.8, 4) is 0 Å². The molecule has 5 amide bonds. The maximum atomic E-state index is 13.9. The van der Waals surface area contributed by atoms with Crippen molar-refractivity contribution in [2.45, 2.75) is 95.5 Å². The molecule has 0 saturated carbocycles. The molecule has 0 aliphatic heterocycles. The Labute approximate surface area is 281 Å². The minimum absolute atomic E-state index is 0.0604. The number of aliphatic hydroxyl groups is 1. The molecule has 1 aromatic heterocycles. The summed E-state index contributed by atoms with van der Waals surface area (Å²) >= 11 is 0. The van der Waals surface area contributed by atoms with E-state index < -0.39 is 53.9 Å². The second kappa shape index (κ2) is 19.2. The lowest BCUT2D eigenvalue weighted by Gasteiger charge is -2.26. The molecule has 0 fully saturated rings. The van der Waals surface area contributed by atoms with Crippen LogP contribution in [0.15, 0.2) is 60.8 Å². The fraction of sp³-hybridized carbons (Fsp3) is 0.457. The van der Waals surface area contributed by atoms with Crippen molar-refractivity contribution in [1.29, 1.82) is 0 Å². The summed E-state index contributed by atoms with van der Waals surface area (Å²) in [5, 5.41) is 22.3. The molecule has 0 spiro atoms. The average Bonchev–Trinajstić information content (AvgIpc) is 3.43. The molecule has 3 aromatic rings. The van der Waals surface area contributed by atoms with E-state index in [1.54, 1.807) is 6.20 Å². The van der Waals surface area contributed by atoms with Crippen LogP contribution in [0.25, 0.3) is 10.9 Å². The number of carbonyl (C=O) groups is 5. The van der Waals surface area contributed by atoms with Gasteiger partial charge in [-0.15, -0.1) is 0 Å². The molecule has 260 valence electrons. The molecule has 13 heteroatoms. The summed E-state index contributed by atoms with van der Waals surface area (Å²) in [5.74, 6) is -2.33. The van der Waals surface area contributed by atoms with Gasteiger partial charge in [-0.1, -0.05) is 55.0 Å². The number of carbonyl (C=O) groups excluding carboxylic acids is 5. The Balaban J connectivity index is 1.81. The molecule has 0 bridgehead atoms. The van der Waals surface area contributed by atoms with Crippen molar-refractivity contribution >= 4 is 40.4 Å². The second-order valence-corrected chi connectivity index (χ2v) is 12.3. The van der Waals surface area contributed by atoms with Crippen LogP contribution < -0.4 is 32.7 Å². The molecule has 0 aliphatic rings. The topological polar surface area (TPSA) is 222 Å². The Morgan fingerprint density at radius 1 is 0.812 bits per heavy atom. The van der Waals surface area contributed by atoms with Crippen LogP contribution in [0.3, 0.4) is 0 Å². The number of nitrogens with one attached hydrogen (secondary N) is 5. The van der Waals surface area contributed by atoms with Crippen LogP contribution >= 0.6 is 0 Å². The van der Waals surface area contributed by atoms with Gasteiger partial charge in [-0.25, -0.2) is 0 Å². The van der Waals surface area contributed by atoms with Crippen LogP contribution in [0.5, 0.6) is 0 Å². The smallest absolute Gasteiger partial charge is 0.243 e. The van der Waals surface area contributed by atoms with E-state index in [1.807, 2.05) is 54.6 Å². The highest BCUT2D eigenvalue weighted by Crippen LogP contribution is 2.20. The molecule has 3 rings (SSSR count). The van der Waals surface area contributed by atoms with Gasteiger partial charge in [0.25, 0.3) is 0 Å². The first-order chi connectivity index (χ1) is 22.9. The highest BCUT2D eigenvalue weighted by molar-refractivity contribution is 5.90. The van der Waals surface area contributed by atoms with Crippen LogP contribution in [0.4, 0.5) is 0 Å². The molecule has 1 heterocycles. The van der Waals surface area contributed by atoms with Gasteiger partial charge in [-0.3, -0.25) is 24.0 Å². The van der Waals surface area contributed by atoms with Gasteiger partial charge in [0, 0.05) is 61.8 Å². The number of aliphatic hydroxyl groups excluding tert-OH is 1. The number of rotatable bonds is 20. The number of H-pyrrole nitrogens is 1. The van der Waals surface area contributed by atoms with Gasteiger partial charge < -0.3 is 42.8 Å². The highest BCUT2D eigenvalue weighted by Gasteiger charge is 2.28. The third-order valence-electron chi connectivity index (χ3n) is 8.05. The van der Waals surface area contributed by atoms with Gasteiger partial charge in [-0.2, -0.15) is 0 Å². The van der Waals surface area contributed by atoms with E-state index in [2.05, 4.69) is 26.3 Å². The van der Waals surface area contributed by atoms with E-state index in [1.165, 1.54) is 13.8 Å². The summed E-state index contributed by atoms with van der Waals surface area (Å²) in [6.45, 7) is 3.28. The van der Waals surface area contributed by atoms with E-state index in [0.29, 0.717) is 32.2 Å². The second-order valence-electron chi connectivity index (χ2n) is 12.3. The number of hydrogen-bond donors (Lipinski definition) is 8. The molecule has 2 aromatic carbocycles. The van der Waals surface area contributed by atoms with Gasteiger partial charge in [0.15, 0.2) is 0 Å². The minimum Gasteiger partial charge on any atom is -0.391 e. The number of nitrogens with two attached hydrogens (primary N) is 2. The van der Waals surface area contributed by atoms with Crippen molar-refractivity contribution in [1.82, 2.24) is 26.3 Å². The molecule has 0 saturated heterocycles. The number of unbranched alkanes of at least 4 members (excludes halogenated alkanes) is 1. The molecule has 10 N–H and O–H groups in total. The molecular formula is C35H49N7O6. The fourth-order valence-corrected chi connectivity index (χ4v) is 5.68. The Morgan fingerprint density at radius 3 is 2.15 bits per heavy atom. The highest BCUT2D eigenvalue weighted by atomic mass is 16.3. The SMILES string of the molecule is CC(=O)N[C@H](CC(=O)N[C@H](Cc1c[nH]c2ccccc12)C(=O)N[C@@H](CCCCN)CC(=O)NC(CC(N)=O)[C@H](C)O)Cc1ccccc1. The molecule has 0 radical (unpaired) electrons. The lowest BCUT2D eigenvalue weighted by Crippen LogP contribution is -2.53. The molecule has 5 atom stereocenters. The van der Waals surface area contributed by atoms with Gasteiger partial charge >= 0.3 is 0 Å². The van der Waals surface area contributed by atoms with E-state index >= 15 is 0 Å². The fourth-order valence-electron chi connectivity index (χ4n) is 5.68. The standard InChI is InChI=1S/C35H49N7O6/c1-22(43)30(20-32(37)45)41-33(46)18-26(12-8-9-15-36)40-35(48)31(17-25-21-38-29-14-7-6-13-28(25)29)42-34(47)19-27(39-23(2)44)16-24-10-4-3-5-11-24/h3-7,10-11,13-14,21-22,26-27,30-31,38,43H,8-9,12,15-20,36H2,1-2H3,(H2,37,45)(H,39,44)(H,40,48)(H,41,46)(H,42,47)/t22-,26-,27-,30?,31+/m0/s1. The number of hydrogen-bond acceptors (Lipinski definition) is 7. The van der Waals surface area contributed by atoms with Crippen molar-refractivity contribution < 1.29 is 29.1 Å². The Hall–Kier alpha value is -4.75.